The van der Waals surface area contributed by atoms with Crippen LogP contribution < -0.4 is 0 Å². The first-order valence-electron chi connectivity index (χ1n) is 5.52. The molecule has 0 atom stereocenters. The number of nitrogens with zero attached hydrogens (tertiary/aromatic N) is 2. The topological polar surface area (TPSA) is 16.1 Å². The number of rotatable bonds is 3. The van der Waals surface area contributed by atoms with Gasteiger partial charge in [0.05, 0.1) is 5.52 Å². The van der Waals surface area contributed by atoms with E-state index in [0.717, 1.165) is 17.6 Å². The fourth-order valence-corrected chi connectivity index (χ4v) is 1.84. The molecule has 1 radical (unpaired) electrons. The first-order valence-corrected chi connectivity index (χ1v) is 5.52. The van der Waals surface area contributed by atoms with Gasteiger partial charge < -0.3 is 4.90 Å². The molecule has 0 bridgehead atoms. The molecule has 0 saturated heterocycles. The molecule has 0 N–H and O–H groups in total. The number of hydrogen-bond acceptors (Lipinski definition) is 2. The summed E-state index contributed by atoms with van der Waals surface area (Å²) in [5.41, 5.74) is 3.52. The van der Waals surface area contributed by atoms with E-state index in [1.807, 2.05) is 13.0 Å². The monoisotopic (exact) mass is 213 g/mol. The van der Waals surface area contributed by atoms with Gasteiger partial charge in [-0.25, -0.2) is 0 Å². The maximum Gasteiger partial charge on any atom is 0.0707 e. The van der Waals surface area contributed by atoms with Crippen molar-refractivity contribution in [2.75, 3.05) is 14.1 Å². The van der Waals surface area contributed by atoms with Crippen LogP contribution in [0.3, 0.4) is 0 Å². The van der Waals surface area contributed by atoms with Gasteiger partial charge in [-0.05, 0) is 45.1 Å². The Kier molecular flexibility index (Phi) is 3.20. The lowest BCUT2D eigenvalue weighted by atomic mass is 10.0. The molecule has 1 heterocycles. The van der Waals surface area contributed by atoms with Crippen LogP contribution in [0.5, 0.6) is 0 Å². The van der Waals surface area contributed by atoms with Crippen LogP contribution in [0, 0.1) is 13.5 Å². The number of fused-ring (bicyclic) bond motifs is 1. The molecule has 0 aliphatic carbocycles. The minimum atomic E-state index is 0.955. The molecule has 16 heavy (non-hydrogen) atoms. The van der Waals surface area contributed by atoms with Gasteiger partial charge in [0.1, 0.15) is 0 Å². The van der Waals surface area contributed by atoms with Crippen molar-refractivity contribution in [1.82, 2.24) is 9.88 Å². The largest absolute Gasteiger partial charge is 0.305 e. The van der Waals surface area contributed by atoms with E-state index in [1.54, 1.807) is 0 Å². The van der Waals surface area contributed by atoms with Gasteiger partial charge in [0, 0.05) is 17.6 Å². The molecule has 0 saturated carbocycles. The van der Waals surface area contributed by atoms with E-state index in [4.69, 9.17) is 0 Å². The summed E-state index contributed by atoms with van der Waals surface area (Å²) < 4.78 is 0. The summed E-state index contributed by atoms with van der Waals surface area (Å²) in [6, 6.07) is 10.5. The predicted molar refractivity (Wildman–Crippen MR) is 68.2 cm³/mol. The van der Waals surface area contributed by atoms with Crippen molar-refractivity contribution in [3.63, 3.8) is 0 Å². The van der Waals surface area contributed by atoms with Gasteiger partial charge in [0.15, 0.2) is 0 Å². The molecule has 2 aromatic rings. The molecule has 1 aromatic heterocycles. The van der Waals surface area contributed by atoms with E-state index in [1.165, 1.54) is 10.9 Å². The van der Waals surface area contributed by atoms with Crippen molar-refractivity contribution in [2.24, 2.45) is 0 Å². The van der Waals surface area contributed by atoms with Crippen molar-refractivity contribution in [3.8, 4) is 0 Å². The van der Waals surface area contributed by atoms with Gasteiger partial charge in [-0.15, -0.1) is 0 Å². The summed E-state index contributed by atoms with van der Waals surface area (Å²) in [6.07, 6.45) is 0.955. The van der Waals surface area contributed by atoms with E-state index in [-0.39, 0.29) is 0 Å². The number of pyridine rings is 1. The fourth-order valence-electron chi connectivity index (χ4n) is 1.84. The van der Waals surface area contributed by atoms with E-state index in [0.29, 0.717) is 0 Å². The van der Waals surface area contributed by atoms with Crippen LogP contribution >= 0.6 is 0 Å². The first-order chi connectivity index (χ1) is 7.66. The first kappa shape index (κ1) is 11.1. The Morgan fingerprint density at radius 2 is 2.00 bits per heavy atom. The second-order valence-corrected chi connectivity index (χ2v) is 4.29. The SMILES string of the molecule is Cc1cc(C[CH]N(C)C)c2ccccc2n1. The van der Waals surface area contributed by atoms with Crippen molar-refractivity contribution >= 4 is 10.9 Å². The molecule has 0 aliphatic heterocycles. The Morgan fingerprint density at radius 1 is 1.25 bits per heavy atom. The van der Waals surface area contributed by atoms with Crippen LogP contribution in [-0.4, -0.2) is 24.0 Å². The smallest absolute Gasteiger partial charge is 0.0707 e. The highest BCUT2D eigenvalue weighted by molar-refractivity contribution is 5.82. The molecule has 83 valence electrons. The summed E-state index contributed by atoms with van der Waals surface area (Å²) in [7, 11) is 4.10. The van der Waals surface area contributed by atoms with Gasteiger partial charge in [0.25, 0.3) is 0 Å². The average Bonchev–Trinajstić information content (AvgIpc) is 2.25. The van der Waals surface area contributed by atoms with Crippen LogP contribution in [0.4, 0.5) is 0 Å². The predicted octanol–water partition coefficient (Wildman–Crippen LogP) is 2.81. The molecular weight excluding hydrogens is 196 g/mol. The van der Waals surface area contributed by atoms with Crippen LogP contribution in [0.15, 0.2) is 30.3 Å². The van der Waals surface area contributed by atoms with Crippen molar-refractivity contribution in [3.05, 3.63) is 48.1 Å². The van der Waals surface area contributed by atoms with Gasteiger partial charge in [0.2, 0.25) is 0 Å². The number of para-hydroxylation sites is 1. The molecule has 0 spiro atoms. The highest BCUT2D eigenvalue weighted by atomic mass is 15.0. The third kappa shape index (κ3) is 2.39. The second kappa shape index (κ2) is 4.62. The van der Waals surface area contributed by atoms with Gasteiger partial charge in [-0.1, -0.05) is 18.2 Å². The molecule has 0 amide bonds. The Labute approximate surface area is 96.9 Å². The standard InChI is InChI=1S/C14H17N2/c1-11-10-12(8-9-16(2)3)13-6-4-5-7-14(13)15-11/h4-7,9-10H,8H2,1-3H3. The lowest BCUT2D eigenvalue weighted by molar-refractivity contribution is 0.488. The molecule has 0 unspecified atom stereocenters. The lowest BCUT2D eigenvalue weighted by Crippen LogP contribution is -2.09. The minimum Gasteiger partial charge on any atom is -0.305 e. The Morgan fingerprint density at radius 3 is 2.75 bits per heavy atom. The fraction of sp³-hybridized carbons (Fsp3) is 0.286. The number of benzene rings is 1. The molecular formula is C14H17N2. The van der Waals surface area contributed by atoms with Crippen molar-refractivity contribution in [2.45, 2.75) is 13.3 Å². The number of aromatic nitrogens is 1. The van der Waals surface area contributed by atoms with Crippen molar-refractivity contribution in [1.29, 1.82) is 0 Å². The van der Waals surface area contributed by atoms with E-state index >= 15 is 0 Å². The Bertz CT molecular complexity index is 489. The van der Waals surface area contributed by atoms with Gasteiger partial charge >= 0.3 is 0 Å². The summed E-state index contributed by atoms with van der Waals surface area (Å²) in [5.74, 6) is 0. The number of hydrogen-bond donors (Lipinski definition) is 0. The second-order valence-electron chi connectivity index (χ2n) is 4.29. The lowest BCUT2D eigenvalue weighted by Gasteiger charge is -2.11. The zero-order valence-electron chi connectivity index (χ0n) is 10.1. The molecule has 0 aliphatic rings. The normalized spacial score (nSPS) is 11.2. The zero-order chi connectivity index (χ0) is 11.5. The molecule has 2 rings (SSSR count). The third-order valence-corrected chi connectivity index (χ3v) is 2.61. The summed E-state index contributed by atoms with van der Waals surface area (Å²) in [6.45, 7) is 4.23. The minimum absolute atomic E-state index is 0.955. The quantitative estimate of drug-likeness (QED) is 0.779. The third-order valence-electron chi connectivity index (χ3n) is 2.61. The summed E-state index contributed by atoms with van der Waals surface area (Å²) >= 11 is 0. The van der Waals surface area contributed by atoms with Crippen LogP contribution in [0.25, 0.3) is 10.9 Å². The number of aryl methyl sites for hydroxylation is 1. The molecule has 0 fully saturated rings. The van der Waals surface area contributed by atoms with E-state index < -0.39 is 0 Å². The Balaban J connectivity index is 2.42. The summed E-state index contributed by atoms with van der Waals surface area (Å²) in [4.78, 5) is 6.62. The zero-order valence-corrected chi connectivity index (χ0v) is 10.1. The maximum atomic E-state index is 4.54. The van der Waals surface area contributed by atoms with Crippen LogP contribution in [0.1, 0.15) is 11.3 Å². The van der Waals surface area contributed by atoms with Crippen molar-refractivity contribution < 1.29 is 0 Å². The summed E-state index contributed by atoms with van der Waals surface area (Å²) in [5, 5.41) is 1.26. The van der Waals surface area contributed by atoms with E-state index in [9.17, 15) is 0 Å². The van der Waals surface area contributed by atoms with Crippen LogP contribution in [-0.2, 0) is 6.42 Å². The molecule has 2 heteroatoms. The number of likely N-dealkylation sites (N-methyl/N-ethyl adjacent to an activating group) is 1. The highest BCUT2D eigenvalue weighted by Gasteiger charge is 2.03. The van der Waals surface area contributed by atoms with Crippen LogP contribution in [0.2, 0.25) is 0 Å². The average molecular weight is 213 g/mol. The van der Waals surface area contributed by atoms with E-state index in [2.05, 4.69) is 54.8 Å². The molecule has 2 nitrogen and oxygen atoms in total. The van der Waals surface area contributed by atoms with Gasteiger partial charge in [-0.2, -0.15) is 0 Å². The Hall–Kier alpha value is -1.41. The molecule has 1 aromatic carbocycles. The van der Waals surface area contributed by atoms with Gasteiger partial charge in [-0.3, -0.25) is 4.98 Å². The maximum absolute atomic E-state index is 4.54. The highest BCUT2D eigenvalue weighted by Crippen LogP contribution is 2.19.